The van der Waals surface area contributed by atoms with Gasteiger partial charge in [0.25, 0.3) is 0 Å². The van der Waals surface area contributed by atoms with Crippen molar-refractivity contribution in [3.05, 3.63) is 76.5 Å². The van der Waals surface area contributed by atoms with E-state index in [4.69, 9.17) is 4.74 Å². The van der Waals surface area contributed by atoms with Gasteiger partial charge in [0.05, 0.1) is 17.6 Å². The highest BCUT2D eigenvalue weighted by Crippen LogP contribution is 2.41. The van der Waals surface area contributed by atoms with E-state index >= 15 is 0 Å². The Morgan fingerprint density at radius 2 is 1.95 bits per heavy atom. The first-order chi connectivity index (χ1) is 20.0. The number of benzene rings is 2. The van der Waals surface area contributed by atoms with Gasteiger partial charge >= 0.3 is 0 Å². The number of isocyanates is 1. The zero-order valence-electron chi connectivity index (χ0n) is 24.8. The Bertz CT molecular complexity index is 1790. The average Bonchev–Trinajstić information content (AvgIpc) is 3.34. The molecule has 0 radical (unpaired) electrons. The molecule has 3 heterocycles. The van der Waals surface area contributed by atoms with Crippen LogP contribution in [0.1, 0.15) is 67.9 Å². The summed E-state index contributed by atoms with van der Waals surface area (Å²) >= 11 is 0. The van der Waals surface area contributed by atoms with Crippen LogP contribution >= 0.6 is 0 Å². The maximum absolute atomic E-state index is 13.8. The van der Waals surface area contributed by atoms with Crippen molar-refractivity contribution in [1.82, 2.24) is 24.3 Å². The molecule has 10 nitrogen and oxygen atoms in total. The Labute approximate surface area is 246 Å². The molecule has 2 aromatic carbocycles. The molecule has 1 unspecified atom stereocenters. The van der Waals surface area contributed by atoms with E-state index in [0.717, 1.165) is 38.9 Å². The summed E-state index contributed by atoms with van der Waals surface area (Å²) in [7, 11) is -3.87. The second-order valence-corrected chi connectivity index (χ2v) is 13.2. The van der Waals surface area contributed by atoms with Crippen molar-refractivity contribution in [2.45, 2.75) is 83.5 Å². The van der Waals surface area contributed by atoms with Crippen LogP contribution in [0.3, 0.4) is 0 Å². The second-order valence-electron chi connectivity index (χ2n) is 11.3. The molecule has 0 saturated heterocycles. The molecule has 1 aliphatic rings. The van der Waals surface area contributed by atoms with Crippen molar-refractivity contribution >= 4 is 27.1 Å². The van der Waals surface area contributed by atoms with Gasteiger partial charge in [-0.05, 0) is 87.1 Å². The molecule has 5 rings (SSSR count). The lowest BCUT2D eigenvalue weighted by atomic mass is 9.75. The highest BCUT2D eigenvalue weighted by molar-refractivity contribution is 7.89. The Morgan fingerprint density at radius 1 is 1.17 bits per heavy atom. The van der Waals surface area contributed by atoms with Gasteiger partial charge in [-0.25, -0.2) is 22.9 Å². The molecule has 2 aromatic heterocycles. The van der Waals surface area contributed by atoms with Crippen molar-refractivity contribution in [1.29, 1.82) is 0 Å². The standard InChI is InChI=1S/C31H36N6O4S/c1-7-24-18-36(42(39,40)27-10-9-15-32-30(27)41-24)17-23-16-22(12-11-20(23)3)28(31(5,6)33-19-38)25-13-14-26-29(21(25)4)34-35-37(26)8-2/h9-16,24,28H,7-8,17-18H2,1-6H3/t24?,28-/m0/s1. The highest BCUT2D eigenvalue weighted by atomic mass is 32.2. The maximum Gasteiger partial charge on any atom is 0.248 e. The lowest BCUT2D eigenvalue weighted by molar-refractivity contribution is 0.162. The zero-order chi connectivity index (χ0) is 30.2. The van der Waals surface area contributed by atoms with Gasteiger partial charge in [0.2, 0.25) is 22.0 Å². The molecule has 11 heteroatoms. The second kappa shape index (κ2) is 11.4. The van der Waals surface area contributed by atoms with E-state index in [-0.39, 0.29) is 35.9 Å². The van der Waals surface area contributed by atoms with E-state index in [0.29, 0.717) is 13.0 Å². The smallest absolute Gasteiger partial charge is 0.248 e. The number of pyridine rings is 1. The lowest BCUT2D eigenvalue weighted by Gasteiger charge is -2.32. The Morgan fingerprint density at radius 3 is 2.67 bits per heavy atom. The molecule has 1 aliphatic heterocycles. The quantitative estimate of drug-likeness (QED) is 0.208. The number of nitrogens with zero attached hydrogens (tertiary/aromatic N) is 6. The molecule has 0 saturated carbocycles. The number of fused-ring (bicyclic) bond motifs is 2. The molecule has 4 aromatic rings. The largest absolute Gasteiger partial charge is 0.472 e. The summed E-state index contributed by atoms with van der Waals surface area (Å²) in [4.78, 5) is 20.1. The molecule has 0 aliphatic carbocycles. The highest BCUT2D eigenvalue weighted by Gasteiger charge is 2.37. The van der Waals surface area contributed by atoms with Gasteiger partial charge in [-0.2, -0.15) is 9.30 Å². The fourth-order valence-electron chi connectivity index (χ4n) is 5.79. The van der Waals surface area contributed by atoms with E-state index in [1.807, 2.05) is 76.6 Å². The van der Waals surface area contributed by atoms with E-state index in [9.17, 15) is 13.2 Å². The van der Waals surface area contributed by atoms with Crippen molar-refractivity contribution < 1.29 is 17.9 Å². The lowest BCUT2D eigenvalue weighted by Crippen LogP contribution is -2.36. The van der Waals surface area contributed by atoms with Crippen molar-refractivity contribution in [2.24, 2.45) is 4.99 Å². The molecule has 0 bridgehead atoms. The third-order valence-electron chi connectivity index (χ3n) is 8.18. The number of rotatable bonds is 8. The molecule has 0 fully saturated rings. The van der Waals surface area contributed by atoms with Gasteiger partial charge < -0.3 is 4.74 Å². The first-order valence-electron chi connectivity index (χ1n) is 14.1. The van der Waals surface area contributed by atoms with Gasteiger partial charge in [-0.3, -0.25) is 0 Å². The number of aliphatic imine (C=N–C) groups is 1. The summed E-state index contributed by atoms with van der Waals surface area (Å²) in [6, 6.07) is 13.2. The maximum atomic E-state index is 13.8. The van der Waals surface area contributed by atoms with Crippen molar-refractivity contribution in [3.8, 4) is 5.88 Å². The Kier molecular flexibility index (Phi) is 8.02. The van der Waals surface area contributed by atoms with Gasteiger partial charge in [-0.15, -0.1) is 5.10 Å². The number of ether oxygens (including phenoxy) is 1. The first kappa shape index (κ1) is 29.6. The summed E-state index contributed by atoms with van der Waals surface area (Å²) < 4.78 is 37.0. The molecule has 2 atom stereocenters. The third-order valence-corrected chi connectivity index (χ3v) is 10.0. The van der Waals surface area contributed by atoms with Crippen LogP contribution in [0, 0.1) is 13.8 Å². The fraction of sp³-hybridized carbons (Fsp3) is 0.419. The summed E-state index contributed by atoms with van der Waals surface area (Å²) in [6.07, 6.45) is 3.60. The average molecular weight is 589 g/mol. The predicted molar refractivity (Wildman–Crippen MR) is 160 cm³/mol. The summed E-state index contributed by atoms with van der Waals surface area (Å²) in [5, 5.41) is 8.73. The minimum absolute atomic E-state index is 0.0677. The normalized spacial score (nSPS) is 17.6. The van der Waals surface area contributed by atoms with Gasteiger partial charge in [0.1, 0.15) is 16.5 Å². The predicted octanol–water partition coefficient (Wildman–Crippen LogP) is 5.07. The molecule has 0 N–H and O–H groups in total. The van der Waals surface area contributed by atoms with Gasteiger partial charge in [0.15, 0.2) is 0 Å². The van der Waals surface area contributed by atoms with Gasteiger partial charge in [0, 0.05) is 25.2 Å². The van der Waals surface area contributed by atoms with Crippen LogP contribution in [0.5, 0.6) is 5.88 Å². The van der Waals surface area contributed by atoms with E-state index < -0.39 is 15.6 Å². The van der Waals surface area contributed by atoms with Crippen molar-refractivity contribution in [2.75, 3.05) is 6.54 Å². The zero-order valence-corrected chi connectivity index (χ0v) is 25.6. The van der Waals surface area contributed by atoms with Crippen LogP contribution < -0.4 is 4.74 Å². The molecule has 0 amide bonds. The molecule has 42 heavy (non-hydrogen) atoms. The van der Waals surface area contributed by atoms with Crippen LogP contribution in [0.15, 0.2) is 58.5 Å². The topological polar surface area (TPSA) is 120 Å². The summed E-state index contributed by atoms with van der Waals surface area (Å²) in [5.74, 6) is -0.205. The summed E-state index contributed by atoms with van der Waals surface area (Å²) in [5.41, 5.74) is 5.51. The SMILES string of the molecule is CCC1CN(Cc2cc([C@@H](c3ccc4c(nnn4CC)c3C)C(C)(C)N=C=O)ccc2C)S(=O)(=O)c2cccnc2O1. The Balaban J connectivity index is 1.62. The number of sulfonamides is 1. The van der Waals surface area contributed by atoms with E-state index in [2.05, 4.69) is 20.3 Å². The number of aromatic nitrogens is 4. The molecule has 0 spiro atoms. The van der Waals surface area contributed by atoms with Crippen molar-refractivity contribution in [3.63, 3.8) is 0 Å². The van der Waals surface area contributed by atoms with Gasteiger partial charge in [-0.1, -0.05) is 36.4 Å². The fourth-order valence-corrected chi connectivity index (χ4v) is 7.31. The first-order valence-corrected chi connectivity index (χ1v) is 15.6. The van der Waals surface area contributed by atoms with Crippen LogP contribution in [-0.2, 0) is 27.9 Å². The minimum atomic E-state index is -3.87. The molecular formula is C31H36N6O4S. The monoisotopic (exact) mass is 588 g/mol. The molecular weight excluding hydrogens is 552 g/mol. The number of aryl methyl sites for hydroxylation is 3. The number of hydrogen-bond donors (Lipinski definition) is 0. The minimum Gasteiger partial charge on any atom is -0.472 e. The third kappa shape index (κ3) is 5.24. The van der Waals surface area contributed by atoms with Crippen LogP contribution in [-0.4, -0.2) is 57.0 Å². The number of hydrogen-bond acceptors (Lipinski definition) is 8. The number of carbonyl (C=O) groups excluding carboxylic acids is 1. The summed E-state index contributed by atoms with van der Waals surface area (Å²) in [6.45, 7) is 12.8. The van der Waals surface area contributed by atoms with Crippen LogP contribution in [0.2, 0.25) is 0 Å². The van der Waals surface area contributed by atoms with E-state index in [1.54, 1.807) is 12.1 Å². The Hall–Kier alpha value is -3.92. The van der Waals surface area contributed by atoms with Crippen LogP contribution in [0.25, 0.3) is 11.0 Å². The van der Waals surface area contributed by atoms with E-state index in [1.165, 1.54) is 16.6 Å². The van der Waals surface area contributed by atoms with Crippen LogP contribution in [0.4, 0.5) is 0 Å². The molecule has 220 valence electrons.